The van der Waals surface area contributed by atoms with E-state index in [-0.39, 0.29) is 5.97 Å². The van der Waals surface area contributed by atoms with Crippen LogP contribution in [0.1, 0.15) is 83.6 Å². The molecule has 0 saturated heterocycles. The van der Waals surface area contributed by atoms with Crippen LogP contribution < -0.4 is 4.74 Å². The Hall–Kier alpha value is -1.84. The molecule has 146 valence electrons. The predicted octanol–water partition coefficient (Wildman–Crippen LogP) is 6.08. The summed E-state index contributed by atoms with van der Waals surface area (Å²) in [7, 11) is 1.65. The number of nitrogens with zero attached hydrogens (tertiary/aromatic N) is 1. The molecule has 4 heteroatoms. The monoisotopic (exact) mass is 361 g/mol. The largest absolute Gasteiger partial charge is 0.497 e. The van der Waals surface area contributed by atoms with Gasteiger partial charge in [0, 0.05) is 12.8 Å². The molecule has 0 aromatic heterocycles. The minimum absolute atomic E-state index is 0.238. The van der Waals surface area contributed by atoms with Gasteiger partial charge in [0.1, 0.15) is 5.75 Å². The van der Waals surface area contributed by atoms with Gasteiger partial charge in [-0.15, -0.1) is 0 Å². The summed E-state index contributed by atoms with van der Waals surface area (Å²) in [5, 5.41) is 3.96. The van der Waals surface area contributed by atoms with Gasteiger partial charge in [0.15, 0.2) is 0 Å². The molecule has 0 spiro atoms. The molecular formula is C22H35NO3. The first kappa shape index (κ1) is 22.2. The van der Waals surface area contributed by atoms with Crippen molar-refractivity contribution in [2.75, 3.05) is 7.11 Å². The SMILES string of the molecule is CCCCCCCCCCCC(=O)O/N=C(\C)Cc1cccc(OC)c1. The fourth-order valence-corrected chi connectivity index (χ4v) is 2.86. The molecule has 0 bridgehead atoms. The lowest BCUT2D eigenvalue weighted by Gasteiger charge is -2.04. The van der Waals surface area contributed by atoms with Crippen LogP contribution >= 0.6 is 0 Å². The molecule has 0 unspecified atom stereocenters. The number of rotatable bonds is 14. The maximum absolute atomic E-state index is 11.8. The Labute approximate surface area is 159 Å². The van der Waals surface area contributed by atoms with Crippen molar-refractivity contribution in [2.45, 2.75) is 84.5 Å². The van der Waals surface area contributed by atoms with Gasteiger partial charge in [0.2, 0.25) is 0 Å². The Kier molecular flexibility index (Phi) is 12.2. The van der Waals surface area contributed by atoms with Gasteiger partial charge in [0.25, 0.3) is 0 Å². The van der Waals surface area contributed by atoms with Gasteiger partial charge in [-0.25, -0.2) is 4.79 Å². The van der Waals surface area contributed by atoms with Crippen molar-refractivity contribution in [2.24, 2.45) is 5.16 Å². The normalized spacial score (nSPS) is 11.4. The summed E-state index contributed by atoms with van der Waals surface area (Å²) in [6.07, 6.45) is 12.2. The molecule has 26 heavy (non-hydrogen) atoms. The molecule has 0 aliphatic heterocycles. The third-order valence-electron chi connectivity index (χ3n) is 4.38. The van der Waals surface area contributed by atoms with E-state index in [1.54, 1.807) is 7.11 Å². The standard InChI is InChI=1S/C22H35NO3/c1-4-5-6-7-8-9-10-11-12-16-22(24)26-23-19(2)17-20-14-13-15-21(18-20)25-3/h13-15,18H,4-12,16-17H2,1-3H3/b23-19+. The van der Waals surface area contributed by atoms with Crippen LogP contribution in [0.25, 0.3) is 0 Å². The molecule has 0 amide bonds. The first-order chi connectivity index (χ1) is 12.7. The molecule has 0 aliphatic rings. The molecule has 0 fully saturated rings. The Morgan fingerprint density at radius 2 is 1.65 bits per heavy atom. The van der Waals surface area contributed by atoms with E-state index in [4.69, 9.17) is 9.57 Å². The van der Waals surface area contributed by atoms with Crippen LogP contribution in [0.5, 0.6) is 5.75 Å². The number of unbranched alkanes of at least 4 members (excludes halogenated alkanes) is 8. The summed E-state index contributed by atoms with van der Waals surface area (Å²) in [6.45, 7) is 4.11. The smallest absolute Gasteiger partial charge is 0.335 e. The van der Waals surface area contributed by atoms with Gasteiger partial charge < -0.3 is 9.57 Å². The van der Waals surface area contributed by atoms with E-state index < -0.39 is 0 Å². The molecule has 0 heterocycles. The summed E-state index contributed by atoms with van der Waals surface area (Å²) >= 11 is 0. The number of oxime groups is 1. The van der Waals surface area contributed by atoms with E-state index in [9.17, 15) is 4.79 Å². The van der Waals surface area contributed by atoms with Crippen LogP contribution in [0.4, 0.5) is 0 Å². The van der Waals surface area contributed by atoms with E-state index in [2.05, 4.69) is 12.1 Å². The first-order valence-electron chi connectivity index (χ1n) is 10.0. The van der Waals surface area contributed by atoms with Crippen molar-refractivity contribution in [3.8, 4) is 5.75 Å². The predicted molar refractivity (Wildman–Crippen MR) is 108 cm³/mol. The van der Waals surface area contributed by atoms with Crippen molar-refractivity contribution >= 4 is 11.7 Å². The summed E-state index contributed by atoms with van der Waals surface area (Å²) < 4.78 is 5.21. The topological polar surface area (TPSA) is 47.9 Å². The van der Waals surface area contributed by atoms with Gasteiger partial charge >= 0.3 is 5.97 Å². The van der Waals surface area contributed by atoms with Gasteiger partial charge in [-0.1, -0.05) is 75.6 Å². The second-order valence-electron chi connectivity index (χ2n) is 6.90. The molecule has 0 aliphatic carbocycles. The maximum Gasteiger partial charge on any atom is 0.335 e. The molecule has 1 rings (SSSR count). The van der Waals surface area contributed by atoms with E-state index in [1.165, 1.54) is 44.9 Å². The van der Waals surface area contributed by atoms with E-state index in [1.807, 2.05) is 31.2 Å². The Bertz CT molecular complexity index is 540. The number of methoxy groups -OCH3 is 1. The lowest BCUT2D eigenvalue weighted by atomic mass is 10.1. The fraction of sp³-hybridized carbons (Fsp3) is 0.636. The quantitative estimate of drug-likeness (QED) is 0.175. The number of hydrogen-bond acceptors (Lipinski definition) is 4. The van der Waals surface area contributed by atoms with Crippen molar-refractivity contribution in [3.05, 3.63) is 29.8 Å². The highest BCUT2D eigenvalue weighted by molar-refractivity contribution is 5.84. The second-order valence-corrected chi connectivity index (χ2v) is 6.90. The molecule has 1 aromatic carbocycles. The number of hydrogen-bond donors (Lipinski definition) is 0. The van der Waals surface area contributed by atoms with Crippen LogP contribution in [0.3, 0.4) is 0 Å². The highest BCUT2D eigenvalue weighted by Crippen LogP contribution is 2.14. The van der Waals surface area contributed by atoms with Crippen LogP contribution in [0, 0.1) is 0 Å². The van der Waals surface area contributed by atoms with Gasteiger partial charge in [0.05, 0.1) is 12.8 Å². The third-order valence-corrected chi connectivity index (χ3v) is 4.38. The average Bonchev–Trinajstić information content (AvgIpc) is 2.65. The summed E-state index contributed by atoms with van der Waals surface area (Å²) in [5.41, 5.74) is 1.86. The van der Waals surface area contributed by atoms with Gasteiger partial charge in [-0.3, -0.25) is 0 Å². The zero-order valence-corrected chi connectivity index (χ0v) is 16.8. The molecule has 0 atom stereocenters. The molecule has 1 aromatic rings. The van der Waals surface area contributed by atoms with E-state index >= 15 is 0 Å². The van der Waals surface area contributed by atoms with E-state index in [0.717, 1.165) is 29.9 Å². The molecule has 0 N–H and O–H groups in total. The Morgan fingerprint density at radius 3 is 2.31 bits per heavy atom. The Morgan fingerprint density at radius 1 is 1.00 bits per heavy atom. The molecule has 0 saturated carbocycles. The lowest BCUT2D eigenvalue weighted by molar-refractivity contribution is -0.143. The van der Waals surface area contributed by atoms with Crippen molar-refractivity contribution in [1.82, 2.24) is 0 Å². The second kappa shape index (κ2) is 14.3. The number of benzene rings is 1. The van der Waals surface area contributed by atoms with Crippen molar-refractivity contribution in [3.63, 3.8) is 0 Å². The van der Waals surface area contributed by atoms with Gasteiger partial charge in [-0.2, -0.15) is 0 Å². The average molecular weight is 362 g/mol. The zero-order valence-electron chi connectivity index (χ0n) is 16.8. The van der Waals surface area contributed by atoms with Crippen LogP contribution in [0.15, 0.2) is 29.4 Å². The minimum atomic E-state index is -0.238. The lowest BCUT2D eigenvalue weighted by Crippen LogP contribution is -2.04. The first-order valence-corrected chi connectivity index (χ1v) is 10.0. The van der Waals surface area contributed by atoms with Crippen molar-refractivity contribution < 1.29 is 14.4 Å². The molecular weight excluding hydrogens is 326 g/mol. The highest BCUT2D eigenvalue weighted by atomic mass is 16.7. The number of carbonyl (C=O) groups is 1. The zero-order chi connectivity index (χ0) is 19.0. The van der Waals surface area contributed by atoms with Gasteiger partial charge in [-0.05, 0) is 31.0 Å². The molecule has 0 radical (unpaired) electrons. The Balaban J connectivity index is 2.11. The number of ether oxygens (including phenoxy) is 1. The third kappa shape index (κ3) is 10.9. The van der Waals surface area contributed by atoms with Crippen LogP contribution in [0.2, 0.25) is 0 Å². The minimum Gasteiger partial charge on any atom is -0.497 e. The van der Waals surface area contributed by atoms with Crippen molar-refractivity contribution in [1.29, 1.82) is 0 Å². The fourth-order valence-electron chi connectivity index (χ4n) is 2.86. The summed E-state index contributed by atoms with van der Waals surface area (Å²) in [4.78, 5) is 16.8. The van der Waals surface area contributed by atoms with Crippen LogP contribution in [-0.2, 0) is 16.1 Å². The maximum atomic E-state index is 11.8. The highest BCUT2D eigenvalue weighted by Gasteiger charge is 2.04. The summed E-state index contributed by atoms with van der Waals surface area (Å²) in [6, 6.07) is 7.81. The molecule has 4 nitrogen and oxygen atoms in total. The number of carbonyl (C=O) groups excluding carboxylic acids is 1. The van der Waals surface area contributed by atoms with Crippen LogP contribution in [-0.4, -0.2) is 18.8 Å². The van der Waals surface area contributed by atoms with E-state index in [0.29, 0.717) is 12.8 Å². The summed E-state index contributed by atoms with van der Waals surface area (Å²) in [5.74, 6) is 0.579.